The number of aromatic amines is 1. The van der Waals surface area contributed by atoms with Crippen molar-refractivity contribution in [3.63, 3.8) is 0 Å². The van der Waals surface area contributed by atoms with Crippen molar-refractivity contribution in [1.82, 2.24) is 20.2 Å². The van der Waals surface area contributed by atoms with Crippen molar-refractivity contribution in [2.24, 2.45) is 11.8 Å². The first kappa shape index (κ1) is 24.4. The normalized spacial score (nSPS) is 23.9. The van der Waals surface area contributed by atoms with Gasteiger partial charge in [-0.05, 0) is 19.8 Å². The number of piperidine rings is 2. The Morgan fingerprint density at radius 3 is 2.40 bits per heavy atom. The minimum Gasteiger partial charge on any atom is -0.477 e. The third kappa shape index (κ3) is 4.62. The van der Waals surface area contributed by atoms with Gasteiger partial charge in [-0.25, -0.2) is 9.78 Å². The number of rotatable bonds is 6. The molecule has 2 aromatic rings. The van der Waals surface area contributed by atoms with Crippen LogP contribution < -0.4 is 10.2 Å². The van der Waals surface area contributed by atoms with E-state index in [2.05, 4.69) is 15.3 Å². The number of aromatic carboxylic acids is 1. The fourth-order valence-corrected chi connectivity index (χ4v) is 6.34. The zero-order valence-electron chi connectivity index (χ0n) is 18.9. The number of nitrogens with one attached hydrogen (secondary N) is 2. The summed E-state index contributed by atoms with van der Waals surface area (Å²) in [4.78, 5) is 48.3. The highest BCUT2D eigenvalue weighted by Crippen LogP contribution is 2.48. The number of hydrogen-bond donors (Lipinski definition) is 4. The van der Waals surface area contributed by atoms with E-state index in [1.54, 1.807) is 11.8 Å². The molecule has 35 heavy (non-hydrogen) atoms. The van der Waals surface area contributed by atoms with Gasteiger partial charge in [0.15, 0.2) is 5.13 Å². The minimum atomic E-state index is -1.10. The summed E-state index contributed by atoms with van der Waals surface area (Å²) >= 11 is 13.3. The first-order valence-corrected chi connectivity index (χ1v) is 13.0. The number of aliphatic hydroxyl groups excluding tert-OH is 1. The van der Waals surface area contributed by atoms with Gasteiger partial charge in [0.05, 0.1) is 28.3 Å². The molecular formula is C22H25Cl2N5O5S. The number of carboxylic acids is 1. The summed E-state index contributed by atoms with van der Waals surface area (Å²) in [6.07, 6.45) is 0.580. The topological polar surface area (TPSA) is 139 Å². The van der Waals surface area contributed by atoms with Crippen LogP contribution in [0.5, 0.6) is 0 Å². The van der Waals surface area contributed by atoms with E-state index in [1.807, 2.05) is 4.90 Å². The maximum Gasteiger partial charge on any atom is 0.347 e. The zero-order valence-corrected chi connectivity index (χ0v) is 21.2. The van der Waals surface area contributed by atoms with Crippen LogP contribution in [0.1, 0.15) is 44.4 Å². The lowest BCUT2D eigenvalue weighted by Gasteiger charge is -2.29. The Hall–Kier alpha value is -2.34. The van der Waals surface area contributed by atoms with Gasteiger partial charge in [0, 0.05) is 49.8 Å². The van der Waals surface area contributed by atoms with Gasteiger partial charge in [0.1, 0.15) is 10.6 Å². The van der Waals surface area contributed by atoms with Crippen molar-refractivity contribution in [2.45, 2.75) is 38.3 Å². The molecule has 4 heterocycles. The quantitative estimate of drug-likeness (QED) is 0.439. The highest BCUT2D eigenvalue weighted by molar-refractivity contribution is 7.17. The lowest BCUT2D eigenvalue weighted by Crippen LogP contribution is -2.41. The number of carboxylic acid groups (broad SMARTS) is 1. The van der Waals surface area contributed by atoms with E-state index < -0.39 is 12.1 Å². The van der Waals surface area contributed by atoms with Crippen LogP contribution >= 0.6 is 34.5 Å². The summed E-state index contributed by atoms with van der Waals surface area (Å²) in [6.45, 7) is 3.94. The maximum absolute atomic E-state index is 12.7. The van der Waals surface area contributed by atoms with Gasteiger partial charge in [-0.1, -0.05) is 34.5 Å². The van der Waals surface area contributed by atoms with Crippen molar-refractivity contribution in [1.29, 1.82) is 0 Å². The second-order valence-electron chi connectivity index (χ2n) is 9.35. The first-order chi connectivity index (χ1) is 16.6. The number of aliphatic hydroxyl groups is 1. The Kier molecular flexibility index (Phi) is 6.45. The third-order valence-electron chi connectivity index (χ3n) is 7.06. The van der Waals surface area contributed by atoms with Crippen LogP contribution in [0.15, 0.2) is 0 Å². The number of anilines is 1. The van der Waals surface area contributed by atoms with Crippen molar-refractivity contribution in [3.8, 4) is 0 Å². The van der Waals surface area contributed by atoms with E-state index in [-0.39, 0.29) is 57.4 Å². The molecule has 5 rings (SSSR count). The molecule has 4 N–H and O–H groups in total. The summed E-state index contributed by atoms with van der Waals surface area (Å²) in [5.74, 6) is -1.12. The number of nitrogens with zero attached hydrogens (tertiary/aromatic N) is 3. The Balaban J connectivity index is 1.21. The lowest BCUT2D eigenvalue weighted by atomic mass is 10.1. The lowest BCUT2D eigenvalue weighted by molar-refractivity contribution is -0.132. The Morgan fingerprint density at radius 1 is 1.17 bits per heavy atom. The van der Waals surface area contributed by atoms with Crippen LogP contribution in [-0.4, -0.2) is 81.2 Å². The molecule has 0 radical (unpaired) electrons. The fraction of sp³-hybridized carbons (Fsp3) is 0.545. The summed E-state index contributed by atoms with van der Waals surface area (Å²) in [5.41, 5.74) is 1.15. The first-order valence-electron chi connectivity index (χ1n) is 11.4. The van der Waals surface area contributed by atoms with Gasteiger partial charge < -0.3 is 30.3 Å². The molecule has 1 saturated carbocycles. The van der Waals surface area contributed by atoms with Gasteiger partial charge in [-0.2, -0.15) is 0 Å². The number of carbonyl (C=O) groups excluding carboxylic acids is 2. The standard InChI is InChI=1S/C22H25Cl2N5O5S/c1-9-15(23)16(24)18(25-9)20(32)27-17-11-7-29(8-12(11)17)22-26-13(19(35-22)21(33)34)6-14(31)28-4-2-10(30)3-5-28/h10-12,17,25,30H,2-8H2,1H3,(H,27,32)(H,33,34)/t11-,12+,17+. The predicted molar refractivity (Wildman–Crippen MR) is 131 cm³/mol. The molecule has 10 nitrogen and oxygen atoms in total. The smallest absolute Gasteiger partial charge is 0.347 e. The van der Waals surface area contributed by atoms with Crippen LogP contribution in [0.2, 0.25) is 10.0 Å². The number of aryl methyl sites for hydroxylation is 1. The molecule has 0 unspecified atom stereocenters. The fourth-order valence-electron chi connectivity index (χ4n) is 4.98. The second kappa shape index (κ2) is 9.27. The average Bonchev–Trinajstić information content (AvgIpc) is 3.19. The molecule has 13 heteroatoms. The van der Waals surface area contributed by atoms with Gasteiger partial charge >= 0.3 is 5.97 Å². The SMILES string of the molecule is Cc1[nH]c(C(=O)N[C@H]2[C@@H]3CN(c4nc(CC(=O)N5CCC(O)CC5)c(C(=O)O)s4)C[C@@H]32)c(Cl)c1Cl. The molecule has 2 saturated heterocycles. The molecular weight excluding hydrogens is 517 g/mol. The van der Waals surface area contributed by atoms with Crippen LogP contribution in [-0.2, 0) is 11.2 Å². The van der Waals surface area contributed by atoms with Crippen LogP contribution in [0.25, 0.3) is 0 Å². The molecule has 3 atom stereocenters. The van der Waals surface area contributed by atoms with E-state index >= 15 is 0 Å². The largest absolute Gasteiger partial charge is 0.477 e. The zero-order chi connectivity index (χ0) is 25.0. The van der Waals surface area contributed by atoms with Crippen molar-refractivity contribution < 1.29 is 24.6 Å². The molecule has 3 fully saturated rings. The number of fused-ring (bicyclic) bond motifs is 1. The molecule has 0 aromatic carbocycles. The number of aromatic nitrogens is 2. The molecule has 3 aliphatic rings. The van der Waals surface area contributed by atoms with Crippen LogP contribution in [0.3, 0.4) is 0 Å². The van der Waals surface area contributed by atoms with Crippen LogP contribution in [0.4, 0.5) is 5.13 Å². The number of hydrogen-bond acceptors (Lipinski definition) is 7. The Morgan fingerprint density at radius 2 is 1.83 bits per heavy atom. The van der Waals surface area contributed by atoms with Crippen molar-refractivity contribution >= 4 is 57.5 Å². The Labute approximate surface area is 215 Å². The van der Waals surface area contributed by atoms with Crippen LogP contribution in [0, 0.1) is 18.8 Å². The van der Waals surface area contributed by atoms with E-state index in [1.165, 1.54) is 0 Å². The molecule has 188 valence electrons. The number of thiazole rings is 1. The molecule has 2 aromatic heterocycles. The minimum absolute atomic E-state index is 0.00612. The number of H-pyrrole nitrogens is 1. The third-order valence-corrected chi connectivity index (χ3v) is 9.15. The van der Waals surface area contributed by atoms with Gasteiger partial charge in [-0.15, -0.1) is 0 Å². The average molecular weight is 542 g/mol. The number of carbonyl (C=O) groups is 3. The van der Waals surface area contributed by atoms with E-state index in [0.29, 0.717) is 54.9 Å². The van der Waals surface area contributed by atoms with E-state index in [9.17, 15) is 24.6 Å². The summed E-state index contributed by atoms with van der Waals surface area (Å²) < 4.78 is 0. The Bertz CT molecular complexity index is 1180. The summed E-state index contributed by atoms with van der Waals surface area (Å²) in [5, 5.41) is 23.4. The molecule has 1 aliphatic carbocycles. The van der Waals surface area contributed by atoms with Crippen molar-refractivity contribution in [3.05, 3.63) is 32.0 Å². The van der Waals surface area contributed by atoms with Crippen molar-refractivity contribution in [2.75, 3.05) is 31.1 Å². The molecule has 2 amide bonds. The van der Waals surface area contributed by atoms with E-state index in [0.717, 1.165) is 11.3 Å². The summed E-state index contributed by atoms with van der Waals surface area (Å²) in [7, 11) is 0. The number of halogens is 2. The molecule has 0 bridgehead atoms. The van der Waals surface area contributed by atoms with E-state index in [4.69, 9.17) is 23.2 Å². The van der Waals surface area contributed by atoms with Gasteiger partial charge in [0.2, 0.25) is 5.91 Å². The monoisotopic (exact) mass is 541 g/mol. The maximum atomic E-state index is 12.7. The molecule has 0 spiro atoms. The highest BCUT2D eigenvalue weighted by atomic mass is 35.5. The second-order valence-corrected chi connectivity index (χ2v) is 11.1. The highest BCUT2D eigenvalue weighted by Gasteiger charge is 2.57. The summed E-state index contributed by atoms with van der Waals surface area (Å²) in [6, 6.07) is 0.00612. The molecule has 2 aliphatic heterocycles. The van der Waals surface area contributed by atoms with Gasteiger partial charge in [-0.3, -0.25) is 9.59 Å². The number of amides is 2. The number of likely N-dealkylation sites (tertiary alicyclic amines) is 1. The van der Waals surface area contributed by atoms with Gasteiger partial charge in [0.25, 0.3) is 5.91 Å². The predicted octanol–water partition coefficient (Wildman–Crippen LogP) is 2.18.